The smallest absolute Gasteiger partial charge is 0.229 e. The number of piperidine rings is 1. The van der Waals surface area contributed by atoms with Crippen LogP contribution in [0.2, 0.25) is 0 Å². The van der Waals surface area contributed by atoms with Gasteiger partial charge in [0.2, 0.25) is 5.91 Å². The van der Waals surface area contributed by atoms with Crippen molar-refractivity contribution in [2.75, 3.05) is 13.1 Å². The van der Waals surface area contributed by atoms with Crippen molar-refractivity contribution in [1.29, 1.82) is 0 Å². The molecule has 134 valence electrons. The number of amides is 1. The van der Waals surface area contributed by atoms with Gasteiger partial charge in [0.15, 0.2) is 0 Å². The van der Waals surface area contributed by atoms with E-state index in [1.165, 1.54) is 16.7 Å². The van der Waals surface area contributed by atoms with E-state index in [0.717, 1.165) is 31.0 Å². The number of rotatable bonds is 0. The van der Waals surface area contributed by atoms with E-state index in [2.05, 4.69) is 70.7 Å². The molecule has 1 saturated heterocycles. The maximum absolute atomic E-state index is 12.4. The SMILES string of the molecule is CC1=CCC2CNC(=O)C3C=C(NC23)C2=CC=CC3=CC=C(NC1)NC32. The van der Waals surface area contributed by atoms with Gasteiger partial charge in [0, 0.05) is 36.3 Å². The fourth-order valence-electron chi connectivity index (χ4n) is 4.48. The highest BCUT2D eigenvalue weighted by atomic mass is 16.2. The van der Waals surface area contributed by atoms with E-state index in [-0.39, 0.29) is 23.9 Å². The predicted molar refractivity (Wildman–Crippen MR) is 102 cm³/mol. The molecule has 4 unspecified atom stereocenters. The van der Waals surface area contributed by atoms with Crippen LogP contribution in [0.5, 0.6) is 0 Å². The van der Waals surface area contributed by atoms with Crippen molar-refractivity contribution in [2.24, 2.45) is 11.8 Å². The molecule has 0 saturated carbocycles. The largest absolute Gasteiger partial charge is 0.381 e. The molecule has 0 aromatic rings. The van der Waals surface area contributed by atoms with E-state index in [1.54, 1.807) is 0 Å². The highest BCUT2D eigenvalue weighted by Gasteiger charge is 2.42. The van der Waals surface area contributed by atoms with Crippen LogP contribution in [-0.4, -0.2) is 31.1 Å². The van der Waals surface area contributed by atoms with Crippen LogP contribution in [-0.2, 0) is 4.79 Å². The van der Waals surface area contributed by atoms with E-state index in [1.807, 2.05) is 0 Å². The summed E-state index contributed by atoms with van der Waals surface area (Å²) in [7, 11) is 0. The van der Waals surface area contributed by atoms with Crippen molar-refractivity contribution >= 4 is 5.91 Å². The third-order valence-electron chi connectivity index (χ3n) is 5.99. The summed E-state index contributed by atoms with van der Waals surface area (Å²) in [4.78, 5) is 12.4. The Bertz CT molecular complexity index is 842. The molecular weight excluding hydrogens is 324 g/mol. The molecule has 4 N–H and O–H groups in total. The number of allylic oxidation sites excluding steroid dienone is 5. The van der Waals surface area contributed by atoms with Crippen molar-refractivity contribution in [3.8, 4) is 0 Å². The topological polar surface area (TPSA) is 65.2 Å². The van der Waals surface area contributed by atoms with Crippen molar-refractivity contribution < 1.29 is 4.79 Å². The number of carbonyl (C=O) groups excluding carboxylic acids is 1. The van der Waals surface area contributed by atoms with Crippen LogP contribution in [0, 0.1) is 11.8 Å². The van der Waals surface area contributed by atoms with Crippen LogP contribution in [0.15, 0.2) is 70.8 Å². The average molecular weight is 348 g/mol. The number of fused-ring (bicyclic) bond motifs is 3. The van der Waals surface area contributed by atoms with Crippen LogP contribution in [0.25, 0.3) is 0 Å². The van der Waals surface area contributed by atoms with Gasteiger partial charge >= 0.3 is 0 Å². The molecule has 5 heteroatoms. The minimum Gasteiger partial charge on any atom is -0.381 e. The summed E-state index contributed by atoms with van der Waals surface area (Å²) >= 11 is 0. The molecule has 0 spiro atoms. The minimum atomic E-state index is -0.0867. The molecule has 26 heavy (non-hydrogen) atoms. The molecule has 4 bridgehead atoms. The first-order valence-corrected chi connectivity index (χ1v) is 9.41. The zero-order valence-corrected chi connectivity index (χ0v) is 14.9. The molecule has 5 aliphatic rings. The summed E-state index contributed by atoms with van der Waals surface area (Å²) in [6.45, 7) is 3.73. The lowest BCUT2D eigenvalue weighted by atomic mass is 9.83. The summed E-state index contributed by atoms with van der Waals surface area (Å²) < 4.78 is 0. The molecule has 1 aliphatic carbocycles. The van der Waals surface area contributed by atoms with Crippen molar-refractivity contribution in [3.05, 3.63) is 70.8 Å². The van der Waals surface area contributed by atoms with Gasteiger partial charge in [0.05, 0.1) is 17.8 Å². The molecule has 5 rings (SSSR count). The fraction of sp³-hybridized carbons (Fsp3) is 0.381. The van der Waals surface area contributed by atoms with Gasteiger partial charge < -0.3 is 21.3 Å². The Balaban J connectivity index is 1.57. The van der Waals surface area contributed by atoms with Crippen molar-refractivity contribution in [3.63, 3.8) is 0 Å². The van der Waals surface area contributed by atoms with Gasteiger partial charge in [0.25, 0.3) is 0 Å². The summed E-state index contributed by atoms with van der Waals surface area (Å²) in [5.74, 6) is 1.50. The van der Waals surface area contributed by atoms with Gasteiger partial charge in [-0.25, -0.2) is 0 Å². The Kier molecular flexibility index (Phi) is 3.55. The quantitative estimate of drug-likeness (QED) is 0.500. The van der Waals surface area contributed by atoms with E-state index in [9.17, 15) is 4.79 Å². The lowest BCUT2D eigenvalue weighted by molar-refractivity contribution is -0.126. The predicted octanol–water partition coefficient (Wildman–Crippen LogP) is 1.38. The first-order valence-electron chi connectivity index (χ1n) is 9.41. The Morgan fingerprint density at radius 3 is 2.96 bits per heavy atom. The Labute approximate surface area is 153 Å². The molecule has 1 fully saturated rings. The van der Waals surface area contributed by atoms with Crippen LogP contribution in [0.3, 0.4) is 0 Å². The molecule has 0 radical (unpaired) electrons. The maximum atomic E-state index is 12.4. The Morgan fingerprint density at radius 1 is 1.12 bits per heavy atom. The maximum Gasteiger partial charge on any atom is 0.229 e. The van der Waals surface area contributed by atoms with E-state index in [0.29, 0.717) is 5.92 Å². The van der Waals surface area contributed by atoms with Crippen LogP contribution in [0.1, 0.15) is 13.3 Å². The van der Waals surface area contributed by atoms with Gasteiger partial charge in [-0.15, -0.1) is 0 Å². The van der Waals surface area contributed by atoms with Gasteiger partial charge in [-0.3, -0.25) is 4.79 Å². The molecule has 4 atom stereocenters. The Hall–Kier alpha value is -2.69. The second-order valence-electron chi connectivity index (χ2n) is 7.73. The summed E-state index contributed by atoms with van der Waals surface area (Å²) in [6, 6.07) is 0.285. The monoisotopic (exact) mass is 348 g/mol. The van der Waals surface area contributed by atoms with E-state index in [4.69, 9.17) is 0 Å². The van der Waals surface area contributed by atoms with Gasteiger partial charge in [-0.05, 0) is 31.1 Å². The lowest BCUT2D eigenvalue weighted by Crippen LogP contribution is -2.53. The highest BCUT2D eigenvalue weighted by Crippen LogP contribution is 2.35. The molecule has 0 aromatic heterocycles. The minimum absolute atomic E-state index is 0.0867. The van der Waals surface area contributed by atoms with Crippen LogP contribution in [0.4, 0.5) is 0 Å². The zero-order valence-electron chi connectivity index (χ0n) is 14.9. The molecule has 0 aromatic carbocycles. The van der Waals surface area contributed by atoms with Gasteiger partial charge in [-0.1, -0.05) is 36.0 Å². The first kappa shape index (κ1) is 15.6. The zero-order chi connectivity index (χ0) is 17.7. The van der Waals surface area contributed by atoms with Crippen LogP contribution >= 0.6 is 0 Å². The number of hydrogen-bond donors (Lipinski definition) is 4. The summed E-state index contributed by atoms with van der Waals surface area (Å²) in [5, 5.41) is 13.9. The van der Waals surface area contributed by atoms with Gasteiger partial charge in [-0.2, -0.15) is 0 Å². The second-order valence-corrected chi connectivity index (χ2v) is 7.73. The van der Waals surface area contributed by atoms with Gasteiger partial charge in [0.1, 0.15) is 0 Å². The summed E-state index contributed by atoms with van der Waals surface area (Å²) in [6.07, 6.45) is 16.1. The molecule has 4 heterocycles. The highest BCUT2D eigenvalue weighted by molar-refractivity contribution is 5.83. The average Bonchev–Trinajstić information content (AvgIpc) is 3.11. The van der Waals surface area contributed by atoms with E-state index >= 15 is 0 Å². The number of dihydropyridines is 1. The van der Waals surface area contributed by atoms with E-state index < -0.39 is 0 Å². The molecule has 1 amide bonds. The van der Waals surface area contributed by atoms with Crippen molar-refractivity contribution in [1.82, 2.24) is 21.3 Å². The molecule has 4 aliphatic heterocycles. The third-order valence-corrected chi connectivity index (χ3v) is 5.99. The normalized spacial score (nSPS) is 34.7. The molecule has 5 nitrogen and oxygen atoms in total. The van der Waals surface area contributed by atoms with Crippen molar-refractivity contribution in [2.45, 2.75) is 25.4 Å². The number of hydrogen-bond acceptors (Lipinski definition) is 4. The second kappa shape index (κ2) is 5.94. The standard InChI is InChI=1S/C21H24N4O/c1-12-5-6-14-11-23-21(26)16-9-17(24-20(14)16)15-4-2-3-13-7-8-18(22-10-12)25-19(13)15/h2-5,7-9,14,16,19-20,22,24-25H,6,10-11H2,1H3,(H,23,26). The summed E-state index contributed by atoms with van der Waals surface area (Å²) in [5.41, 5.74) is 4.86. The Morgan fingerprint density at radius 2 is 2.04 bits per heavy atom. The lowest BCUT2D eigenvalue weighted by Gasteiger charge is -2.34. The molecular formula is C21H24N4O. The van der Waals surface area contributed by atoms with Crippen LogP contribution < -0.4 is 21.3 Å². The third kappa shape index (κ3) is 2.50. The number of nitrogens with one attached hydrogen (secondary N) is 4. The fourth-order valence-corrected chi connectivity index (χ4v) is 4.48. The first-order chi connectivity index (χ1) is 12.7. The number of carbonyl (C=O) groups is 1.